The second-order valence-electron chi connectivity index (χ2n) is 7.40. The highest BCUT2D eigenvalue weighted by molar-refractivity contribution is 14.0. The lowest BCUT2D eigenvalue weighted by atomic mass is 10.1. The summed E-state index contributed by atoms with van der Waals surface area (Å²) < 4.78 is 8.11. The van der Waals surface area contributed by atoms with Crippen molar-refractivity contribution in [2.45, 2.75) is 51.3 Å². The van der Waals surface area contributed by atoms with Gasteiger partial charge in [-0.1, -0.05) is 18.2 Å². The highest BCUT2D eigenvalue weighted by Crippen LogP contribution is 2.22. The number of ether oxygens (including phenoxy) is 1. The summed E-state index contributed by atoms with van der Waals surface area (Å²) in [5, 5.41) is 11.9. The Hall–Kier alpha value is -1.84. The Morgan fingerprint density at radius 3 is 2.46 bits per heavy atom. The molecule has 0 bridgehead atoms. The highest BCUT2D eigenvalue weighted by atomic mass is 127. The SMILES string of the molecule is Cc1nnc(CN=C(NC2CC2)N2CCC(Oc3ccccc3)CC2)n1C.I. The molecule has 8 heteroatoms. The minimum atomic E-state index is 0. The van der Waals surface area contributed by atoms with Crippen LogP contribution in [-0.2, 0) is 13.6 Å². The number of nitrogens with zero attached hydrogens (tertiary/aromatic N) is 5. The fourth-order valence-corrected chi connectivity index (χ4v) is 3.26. The summed E-state index contributed by atoms with van der Waals surface area (Å²) >= 11 is 0. The van der Waals surface area contributed by atoms with E-state index in [9.17, 15) is 0 Å². The summed E-state index contributed by atoms with van der Waals surface area (Å²) in [6.07, 6.45) is 4.74. The molecule has 4 rings (SSSR count). The number of hydrogen-bond acceptors (Lipinski definition) is 4. The summed E-state index contributed by atoms with van der Waals surface area (Å²) in [5.74, 6) is 3.76. The number of aliphatic imine (C=N–C) groups is 1. The van der Waals surface area contributed by atoms with E-state index < -0.39 is 0 Å². The quantitative estimate of drug-likeness (QED) is 0.392. The molecule has 0 spiro atoms. The van der Waals surface area contributed by atoms with Crippen LogP contribution in [-0.4, -0.2) is 50.9 Å². The predicted octanol–water partition coefficient (Wildman–Crippen LogP) is 2.89. The maximum absolute atomic E-state index is 6.12. The fraction of sp³-hybridized carbons (Fsp3) is 0.550. The van der Waals surface area contributed by atoms with Crippen LogP contribution in [0.2, 0.25) is 0 Å². The minimum absolute atomic E-state index is 0. The first kappa shape index (κ1) is 20.9. The topological polar surface area (TPSA) is 67.6 Å². The number of aryl methyl sites for hydroxylation is 1. The molecular formula is C20H29IN6O. The van der Waals surface area contributed by atoms with E-state index in [1.54, 1.807) is 0 Å². The van der Waals surface area contributed by atoms with Crippen LogP contribution in [0.5, 0.6) is 5.75 Å². The monoisotopic (exact) mass is 496 g/mol. The Bertz CT molecular complexity index is 781. The molecule has 1 aliphatic carbocycles. The van der Waals surface area contributed by atoms with Crippen molar-refractivity contribution in [3.8, 4) is 5.75 Å². The van der Waals surface area contributed by atoms with Crippen LogP contribution < -0.4 is 10.1 Å². The number of halogens is 1. The Morgan fingerprint density at radius 1 is 1.14 bits per heavy atom. The molecule has 1 saturated heterocycles. The van der Waals surface area contributed by atoms with E-state index in [2.05, 4.69) is 20.4 Å². The van der Waals surface area contributed by atoms with Gasteiger partial charge >= 0.3 is 0 Å². The Kier molecular flexibility index (Phi) is 7.14. The predicted molar refractivity (Wildman–Crippen MR) is 120 cm³/mol. The Morgan fingerprint density at radius 2 is 1.86 bits per heavy atom. The van der Waals surface area contributed by atoms with Crippen molar-refractivity contribution in [3.05, 3.63) is 42.0 Å². The molecule has 1 saturated carbocycles. The van der Waals surface area contributed by atoms with E-state index in [4.69, 9.17) is 9.73 Å². The summed E-state index contributed by atoms with van der Waals surface area (Å²) in [7, 11) is 1.99. The van der Waals surface area contributed by atoms with Gasteiger partial charge in [0.2, 0.25) is 0 Å². The molecule has 0 unspecified atom stereocenters. The Balaban J connectivity index is 0.00000225. The van der Waals surface area contributed by atoms with E-state index >= 15 is 0 Å². The van der Waals surface area contributed by atoms with Gasteiger partial charge in [-0.15, -0.1) is 34.2 Å². The molecule has 2 heterocycles. The van der Waals surface area contributed by atoms with Crippen molar-refractivity contribution in [1.29, 1.82) is 0 Å². The van der Waals surface area contributed by atoms with Crippen molar-refractivity contribution >= 4 is 29.9 Å². The molecule has 28 heavy (non-hydrogen) atoms. The normalized spacial score (nSPS) is 17.9. The van der Waals surface area contributed by atoms with Crippen LogP contribution >= 0.6 is 24.0 Å². The van der Waals surface area contributed by atoms with Gasteiger partial charge < -0.3 is 19.5 Å². The number of piperidine rings is 1. The molecule has 2 aromatic rings. The molecule has 152 valence electrons. The number of benzene rings is 1. The molecule has 0 atom stereocenters. The van der Waals surface area contributed by atoms with Gasteiger partial charge in [0.1, 0.15) is 24.2 Å². The number of hydrogen-bond donors (Lipinski definition) is 1. The van der Waals surface area contributed by atoms with E-state index in [1.165, 1.54) is 12.8 Å². The van der Waals surface area contributed by atoms with E-state index in [1.807, 2.05) is 48.9 Å². The number of nitrogens with one attached hydrogen (secondary N) is 1. The van der Waals surface area contributed by atoms with Crippen molar-refractivity contribution < 1.29 is 4.74 Å². The number of aromatic nitrogens is 3. The van der Waals surface area contributed by atoms with Gasteiger partial charge in [0.15, 0.2) is 11.8 Å². The third-order valence-electron chi connectivity index (χ3n) is 5.25. The lowest BCUT2D eigenvalue weighted by molar-refractivity contribution is 0.129. The van der Waals surface area contributed by atoms with Crippen molar-refractivity contribution in [3.63, 3.8) is 0 Å². The molecule has 1 aromatic carbocycles. The summed E-state index contributed by atoms with van der Waals surface area (Å²) in [6.45, 7) is 4.41. The first-order chi connectivity index (χ1) is 13.2. The van der Waals surface area contributed by atoms with Crippen molar-refractivity contribution in [2.24, 2.45) is 12.0 Å². The molecule has 2 aliphatic rings. The third kappa shape index (κ3) is 5.36. The maximum Gasteiger partial charge on any atom is 0.194 e. The van der Waals surface area contributed by atoms with Gasteiger partial charge in [-0.3, -0.25) is 0 Å². The third-order valence-corrected chi connectivity index (χ3v) is 5.25. The smallest absolute Gasteiger partial charge is 0.194 e. The molecule has 1 N–H and O–H groups in total. The second kappa shape index (κ2) is 9.58. The summed E-state index contributed by atoms with van der Waals surface area (Å²) in [5.41, 5.74) is 0. The number of guanidine groups is 1. The number of para-hydroxylation sites is 1. The van der Waals surface area contributed by atoms with Crippen molar-refractivity contribution in [2.75, 3.05) is 13.1 Å². The van der Waals surface area contributed by atoms with Gasteiger partial charge in [-0.2, -0.15) is 0 Å². The maximum atomic E-state index is 6.12. The second-order valence-corrected chi connectivity index (χ2v) is 7.40. The number of likely N-dealkylation sites (tertiary alicyclic amines) is 1. The van der Waals surface area contributed by atoms with Crippen LogP contribution in [0.3, 0.4) is 0 Å². The molecule has 0 radical (unpaired) electrons. The van der Waals surface area contributed by atoms with Gasteiger partial charge in [0.25, 0.3) is 0 Å². The van der Waals surface area contributed by atoms with Crippen LogP contribution in [0.4, 0.5) is 0 Å². The standard InChI is InChI=1S/C20H28N6O.HI/c1-15-23-24-19(25(15)2)14-21-20(22-16-8-9-16)26-12-10-18(11-13-26)27-17-6-4-3-5-7-17;/h3-7,16,18H,8-14H2,1-2H3,(H,21,22);1H. The highest BCUT2D eigenvalue weighted by Gasteiger charge is 2.28. The molecule has 2 fully saturated rings. The fourth-order valence-electron chi connectivity index (χ4n) is 3.26. The van der Waals surface area contributed by atoms with Gasteiger partial charge in [-0.05, 0) is 31.9 Å². The first-order valence-electron chi connectivity index (χ1n) is 9.81. The van der Waals surface area contributed by atoms with Gasteiger partial charge in [0, 0.05) is 39.0 Å². The van der Waals surface area contributed by atoms with E-state index in [0.29, 0.717) is 12.6 Å². The van der Waals surface area contributed by atoms with Crippen LogP contribution in [0.25, 0.3) is 0 Å². The van der Waals surface area contributed by atoms with Crippen LogP contribution in [0.15, 0.2) is 35.3 Å². The zero-order chi connectivity index (χ0) is 18.6. The van der Waals surface area contributed by atoms with Crippen LogP contribution in [0, 0.1) is 6.92 Å². The van der Waals surface area contributed by atoms with Gasteiger partial charge in [-0.25, -0.2) is 4.99 Å². The Labute approximate surface area is 183 Å². The average molecular weight is 496 g/mol. The summed E-state index contributed by atoms with van der Waals surface area (Å²) in [4.78, 5) is 7.20. The number of rotatable bonds is 5. The van der Waals surface area contributed by atoms with E-state index in [-0.39, 0.29) is 30.1 Å². The molecule has 1 aliphatic heterocycles. The molecule has 0 amide bonds. The average Bonchev–Trinajstić information content (AvgIpc) is 3.46. The lowest BCUT2D eigenvalue weighted by Gasteiger charge is -2.34. The lowest BCUT2D eigenvalue weighted by Crippen LogP contribution is -2.48. The largest absolute Gasteiger partial charge is 0.490 e. The first-order valence-corrected chi connectivity index (χ1v) is 9.81. The molecule has 1 aromatic heterocycles. The zero-order valence-corrected chi connectivity index (χ0v) is 18.9. The van der Waals surface area contributed by atoms with Gasteiger partial charge in [0.05, 0.1) is 0 Å². The van der Waals surface area contributed by atoms with Crippen LogP contribution in [0.1, 0.15) is 37.3 Å². The molecule has 7 nitrogen and oxygen atoms in total. The summed E-state index contributed by atoms with van der Waals surface area (Å²) in [6, 6.07) is 10.7. The molecular weight excluding hydrogens is 467 g/mol. The minimum Gasteiger partial charge on any atom is -0.490 e. The zero-order valence-electron chi connectivity index (χ0n) is 16.5. The van der Waals surface area contributed by atoms with Crippen molar-refractivity contribution in [1.82, 2.24) is 25.0 Å². The van der Waals surface area contributed by atoms with E-state index in [0.717, 1.165) is 49.3 Å².